The lowest BCUT2D eigenvalue weighted by Gasteiger charge is -2.25. The Morgan fingerprint density at radius 3 is 2.78 bits per heavy atom. The van der Waals surface area contributed by atoms with Gasteiger partial charge in [-0.25, -0.2) is 0 Å². The Bertz CT molecular complexity index is 519. The van der Waals surface area contributed by atoms with Crippen LogP contribution in [-0.4, -0.2) is 16.8 Å². The highest BCUT2D eigenvalue weighted by Crippen LogP contribution is 2.22. The molecule has 0 saturated carbocycles. The van der Waals surface area contributed by atoms with Crippen LogP contribution in [0.3, 0.4) is 0 Å². The van der Waals surface area contributed by atoms with Crippen molar-refractivity contribution in [3.8, 4) is 0 Å². The van der Waals surface area contributed by atoms with Gasteiger partial charge < -0.3 is 9.32 Å². The number of furan rings is 1. The van der Waals surface area contributed by atoms with Gasteiger partial charge in [-0.15, -0.1) is 11.3 Å². The van der Waals surface area contributed by atoms with Crippen molar-refractivity contribution in [1.82, 2.24) is 4.90 Å². The molecule has 2 rings (SSSR count). The van der Waals surface area contributed by atoms with E-state index in [0.29, 0.717) is 12.1 Å². The largest absolute Gasteiger partial charge is 0.452 e. The number of hydrogen-bond donors (Lipinski definition) is 0. The summed E-state index contributed by atoms with van der Waals surface area (Å²) in [5.74, 6) is -0.0999. The van der Waals surface area contributed by atoms with Crippen LogP contribution in [0.25, 0.3) is 0 Å². The molecule has 96 valence electrons. The Balaban J connectivity index is 2.20. The number of hydrogen-bond acceptors (Lipinski definition) is 3. The number of carbonyl (C=O) groups is 1. The van der Waals surface area contributed by atoms with Crippen molar-refractivity contribution in [2.75, 3.05) is 0 Å². The topological polar surface area (TPSA) is 33.5 Å². The molecule has 2 aromatic rings. The van der Waals surface area contributed by atoms with Gasteiger partial charge in [0.05, 0.1) is 18.4 Å². The molecule has 0 radical (unpaired) electrons. The fraction of sp³-hybridized carbons (Fsp3) is 0.308. The Morgan fingerprint density at radius 2 is 2.28 bits per heavy atom. The maximum Gasteiger partial charge on any atom is 0.259 e. The van der Waals surface area contributed by atoms with E-state index in [1.54, 1.807) is 22.3 Å². The van der Waals surface area contributed by atoms with Crippen molar-refractivity contribution >= 4 is 28.8 Å². The minimum Gasteiger partial charge on any atom is -0.452 e. The van der Waals surface area contributed by atoms with Crippen LogP contribution in [0, 0.1) is 0 Å². The van der Waals surface area contributed by atoms with Crippen LogP contribution in [0.15, 0.2) is 34.3 Å². The van der Waals surface area contributed by atoms with Gasteiger partial charge in [0.15, 0.2) is 0 Å². The Labute approximate surface area is 115 Å². The fourth-order valence-corrected chi connectivity index (χ4v) is 2.56. The van der Waals surface area contributed by atoms with E-state index in [9.17, 15) is 4.79 Å². The first-order valence-electron chi connectivity index (χ1n) is 5.66. The van der Waals surface area contributed by atoms with Crippen LogP contribution in [0.5, 0.6) is 0 Å². The van der Waals surface area contributed by atoms with E-state index in [4.69, 9.17) is 16.0 Å². The van der Waals surface area contributed by atoms with Gasteiger partial charge in [-0.05, 0) is 43.0 Å². The fourth-order valence-electron chi connectivity index (χ4n) is 1.66. The molecule has 3 nitrogen and oxygen atoms in total. The smallest absolute Gasteiger partial charge is 0.259 e. The van der Waals surface area contributed by atoms with E-state index in [0.717, 1.165) is 4.88 Å². The van der Waals surface area contributed by atoms with Crippen LogP contribution in [0.4, 0.5) is 0 Å². The molecule has 0 bridgehead atoms. The first-order chi connectivity index (χ1) is 8.59. The lowest BCUT2D eigenvalue weighted by atomic mass is 10.2. The summed E-state index contributed by atoms with van der Waals surface area (Å²) in [6, 6.07) is 5.71. The first kappa shape index (κ1) is 13.2. The van der Waals surface area contributed by atoms with Gasteiger partial charge in [-0.1, -0.05) is 6.07 Å². The summed E-state index contributed by atoms with van der Waals surface area (Å²) in [7, 11) is 0. The molecule has 0 saturated heterocycles. The Hall–Kier alpha value is -1.26. The van der Waals surface area contributed by atoms with E-state index in [1.807, 2.05) is 31.4 Å². The molecule has 0 aliphatic heterocycles. The molecule has 0 atom stereocenters. The van der Waals surface area contributed by atoms with E-state index in [-0.39, 0.29) is 17.2 Å². The number of halogens is 1. The molecule has 2 heterocycles. The highest BCUT2D eigenvalue weighted by Gasteiger charge is 2.23. The van der Waals surface area contributed by atoms with E-state index in [2.05, 4.69) is 0 Å². The van der Waals surface area contributed by atoms with Crippen molar-refractivity contribution in [1.29, 1.82) is 0 Å². The second kappa shape index (κ2) is 5.59. The third kappa shape index (κ3) is 2.76. The normalized spacial score (nSPS) is 10.9. The molecule has 5 heteroatoms. The zero-order valence-electron chi connectivity index (χ0n) is 10.2. The van der Waals surface area contributed by atoms with Gasteiger partial charge in [-0.2, -0.15) is 0 Å². The van der Waals surface area contributed by atoms with Crippen molar-refractivity contribution in [2.24, 2.45) is 0 Å². The predicted molar refractivity (Wildman–Crippen MR) is 73.0 cm³/mol. The van der Waals surface area contributed by atoms with Gasteiger partial charge in [0, 0.05) is 10.9 Å². The average Bonchev–Trinajstić information content (AvgIpc) is 2.95. The number of amides is 1. The summed E-state index contributed by atoms with van der Waals surface area (Å²) in [6.07, 6.45) is 1.43. The molecular weight excluding hydrogens is 270 g/mol. The number of thiophene rings is 1. The van der Waals surface area contributed by atoms with E-state index >= 15 is 0 Å². The monoisotopic (exact) mass is 283 g/mol. The molecule has 0 unspecified atom stereocenters. The minimum atomic E-state index is -0.0999. The molecule has 18 heavy (non-hydrogen) atoms. The molecule has 1 amide bonds. The molecule has 0 N–H and O–H groups in total. The van der Waals surface area contributed by atoms with Gasteiger partial charge >= 0.3 is 0 Å². The summed E-state index contributed by atoms with van der Waals surface area (Å²) >= 11 is 7.49. The zero-order chi connectivity index (χ0) is 13.1. The molecule has 0 aromatic carbocycles. The Morgan fingerprint density at radius 1 is 1.50 bits per heavy atom. The average molecular weight is 284 g/mol. The van der Waals surface area contributed by atoms with Crippen LogP contribution in [-0.2, 0) is 6.54 Å². The number of carbonyl (C=O) groups excluding carboxylic acids is 1. The van der Waals surface area contributed by atoms with Crippen LogP contribution < -0.4 is 0 Å². The van der Waals surface area contributed by atoms with Crippen molar-refractivity contribution < 1.29 is 9.21 Å². The highest BCUT2D eigenvalue weighted by atomic mass is 35.5. The van der Waals surface area contributed by atoms with Crippen LogP contribution in [0.1, 0.15) is 29.1 Å². The third-order valence-corrected chi connectivity index (χ3v) is 3.79. The molecular formula is C13H14ClNO2S. The van der Waals surface area contributed by atoms with Crippen molar-refractivity contribution in [3.63, 3.8) is 0 Å². The SMILES string of the molecule is CC(C)N(Cc1cccs1)C(=O)c1ccoc1Cl. The lowest BCUT2D eigenvalue weighted by Crippen LogP contribution is -2.36. The minimum absolute atomic E-state index is 0.0999. The molecule has 0 fully saturated rings. The van der Waals surface area contributed by atoms with Gasteiger partial charge in [0.1, 0.15) is 0 Å². The summed E-state index contributed by atoms with van der Waals surface area (Å²) in [6.45, 7) is 4.56. The molecule has 2 aromatic heterocycles. The third-order valence-electron chi connectivity index (χ3n) is 2.64. The summed E-state index contributed by atoms with van der Waals surface area (Å²) in [4.78, 5) is 15.3. The maximum atomic E-state index is 12.4. The number of rotatable bonds is 4. The maximum absolute atomic E-state index is 12.4. The quantitative estimate of drug-likeness (QED) is 0.848. The summed E-state index contributed by atoms with van der Waals surface area (Å²) in [5.41, 5.74) is 0.418. The number of nitrogens with zero attached hydrogens (tertiary/aromatic N) is 1. The first-order valence-corrected chi connectivity index (χ1v) is 6.91. The predicted octanol–water partition coefficient (Wildman–Crippen LogP) is 4.05. The second-order valence-electron chi connectivity index (χ2n) is 4.21. The van der Waals surface area contributed by atoms with Crippen LogP contribution in [0.2, 0.25) is 5.22 Å². The standard InChI is InChI=1S/C13H14ClNO2S/c1-9(2)15(8-10-4-3-7-18-10)13(16)11-5-6-17-12(11)14/h3-7,9H,8H2,1-2H3. The molecule has 0 spiro atoms. The highest BCUT2D eigenvalue weighted by molar-refractivity contribution is 7.09. The lowest BCUT2D eigenvalue weighted by molar-refractivity contribution is 0.0692. The van der Waals surface area contributed by atoms with Crippen molar-refractivity contribution in [3.05, 3.63) is 45.5 Å². The Kier molecular flexibility index (Phi) is 4.09. The van der Waals surface area contributed by atoms with Gasteiger partial charge in [0.25, 0.3) is 5.91 Å². The second-order valence-corrected chi connectivity index (χ2v) is 5.59. The molecule has 0 aliphatic rings. The summed E-state index contributed by atoms with van der Waals surface area (Å²) < 4.78 is 4.97. The summed E-state index contributed by atoms with van der Waals surface area (Å²) in [5, 5.41) is 2.15. The van der Waals surface area contributed by atoms with E-state index < -0.39 is 0 Å². The van der Waals surface area contributed by atoms with Gasteiger partial charge in [-0.3, -0.25) is 4.79 Å². The van der Waals surface area contributed by atoms with Crippen LogP contribution >= 0.6 is 22.9 Å². The van der Waals surface area contributed by atoms with Crippen molar-refractivity contribution in [2.45, 2.75) is 26.4 Å². The van der Waals surface area contributed by atoms with Gasteiger partial charge in [0.2, 0.25) is 5.22 Å². The molecule has 0 aliphatic carbocycles. The zero-order valence-corrected chi connectivity index (χ0v) is 11.8. The van der Waals surface area contributed by atoms with E-state index in [1.165, 1.54) is 6.26 Å².